The Morgan fingerprint density at radius 1 is 1.28 bits per heavy atom. The largest absolute Gasteiger partial charge is 0.508 e. The summed E-state index contributed by atoms with van der Waals surface area (Å²) in [6, 6.07) is 6.87. The molecule has 1 aromatic carbocycles. The number of hydrogen-bond donors (Lipinski definition) is 2. The second-order valence-electron chi connectivity index (χ2n) is 7.12. The van der Waals surface area contributed by atoms with Crippen LogP contribution in [0.2, 0.25) is 0 Å². The second kappa shape index (κ2) is 12.0. The van der Waals surface area contributed by atoms with Crippen LogP contribution < -0.4 is 10.2 Å². The van der Waals surface area contributed by atoms with Crippen LogP contribution in [0.1, 0.15) is 28.1 Å². The summed E-state index contributed by atoms with van der Waals surface area (Å²) in [6.45, 7) is 2.02. The predicted molar refractivity (Wildman–Crippen MR) is 122 cm³/mol. The van der Waals surface area contributed by atoms with Crippen molar-refractivity contribution in [2.24, 2.45) is 0 Å². The van der Waals surface area contributed by atoms with Crippen molar-refractivity contribution in [2.45, 2.75) is 25.8 Å². The van der Waals surface area contributed by atoms with Crippen LogP contribution in [0.15, 0.2) is 49.2 Å². The number of phenols is 1. The van der Waals surface area contributed by atoms with E-state index in [9.17, 15) is 14.7 Å². The second-order valence-corrected chi connectivity index (χ2v) is 8.13. The molecule has 0 spiro atoms. The predicted octanol–water partition coefficient (Wildman–Crippen LogP) is 2.48. The number of nitrogens with zero attached hydrogens (tertiary/aromatic N) is 4. The molecule has 9 nitrogen and oxygen atoms in total. The van der Waals surface area contributed by atoms with Crippen LogP contribution >= 0.6 is 11.3 Å². The van der Waals surface area contributed by atoms with Crippen LogP contribution in [-0.4, -0.2) is 58.3 Å². The molecule has 2 aromatic heterocycles. The molecule has 0 fully saturated rings. The Bertz CT molecular complexity index is 988. The molecule has 2 N–H and O–H groups in total. The van der Waals surface area contributed by atoms with Crippen LogP contribution in [0, 0.1) is 0 Å². The van der Waals surface area contributed by atoms with Gasteiger partial charge in [0.15, 0.2) is 5.13 Å². The maximum atomic E-state index is 12.7. The minimum Gasteiger partial charge on any atom is -0.508 e. The topological polar surface area (TPSA) is 110 Å². The summed E-state index contributed by atoms with van der Waals surface area (Å²) < 4.78 is 6.99. The average molecular weight is 458 g/mol. The number of imidazole rings is 1. The van der Waals surface area contributed by atoms with Crippen LogP contribution in [0.25, 0.3) is 0 Å². The Hall–Kier alpha value is -3.24. The van der Waals surface area contributed by atoms with Gasteiger partial charge >= 0.3 is 0 Å². The van der Waals surface area contributed by atoms with Gasteiger partial charge in [-0.1, -0.05) is 23.5 Å². The number of phenolic OH excluding ortho intramolecular Hbond substituents is 1. The number of hydrogen-bond acceptors (Lipinski definition) is 7. The van der Waals surface area contributed by atoms with Crippen molar-refractivity contribution in [1.29, 1.82) is 0 Å². The van der Waals surface area contributed by atoms with Gasteiger partial charge in [-0.15, -0.1) is 0 Å². The summed E-state index contributed by atoms with van der Waals surface area (Å²) in [5, 5.41) is 12.8. The number of nitrogens with one attached hydrogen (secondary N) is 1. The lowest BCUT2D eigenvalue weighted by molar-refractivity contribution is -0.119. The van der Waals surface area contributed by atoms with E-state index in [1.165, 1.54) is 17.5 Å². The number of ether oxygens (including phenoxy) is 1. The minimum absolute atomic E-state index is 0.118. The van der Waals surface area contributed by atoms with E-state index in [-0.39, 0.29) is 24.0 Å². The first-order valence-corrected chi connectivity index (χ1v) is 11.2. The molecule has 170 valence electrons. The number of carbonyl (C=O) groups is 2. The number of aromatic hydroxyl groups is 1. The highest BCUT2D eigenvalue weighted by Crippen LogP contribution is 2.24. The Kier molecular flexibility index (Phi) is 8.76. The SMILES string of the molecule is COCCC(=O)N(CCc1ccc(O)cc1)c1ncc(C(=O)NCCCn2ccnc2)s1. The zero-order chi connectivity index (χ0) is 22.8. The van der Waals surface area contributed by atoms with Gasteiger partial charge in [-0.3, -0.25) is 14.5 Å². The maximum Gasteiger partial charge on any atom is 0.263 e. The molecule has 0 aliphatic heterocycles. The summed E-state index contributed by atoms with van der Waals surface area (Å²) in [6.07, 6.45) is 8.44. The van der Waals surface area contributed by atoms with E-state index in [0.29, 0.717) is 36.1 Å². The third kappa shape index (κ3) is 6.89. The lowest BCUT2D eigenvalue weighted by Crippen LogP contribution is -2.33. The number of rotatable bonds is 12. The van der Waals surface area contributed by atoms with Gasteiger partial charge < -0.3 is 19.7 Å². The van der Waals surface area contributed by atoms with Crippen molar-refractivity contribution in [3.8, 4) is 5.75 Å². The Morgan fingerprint density at radius 3 is 2.81 bits per heavy atom. The lowest BCUT2D eigenvalue weighted by atomic mass is 10.1. The number of aromatic nitrogens is 3. The molecule has 0 saturated heterocycles. The summed E-state index contributed by atoms with van der Waals surface area (Å²) in [5.74, 6) is -0.128. The summed E-state index contributed by atoms with van der Waals surface area (Å²) >= 11 is 1.19. The van der Waals surface area contributed by atoms with Gasteiger partial charge in [-0.05, 0) is 30.5 Å². The molecule has 32 heavy (non-hydrogen) atoms. The van der Waals surface area contributed by atoms with E-state index in [1.807, 2.05) is 22.9 Å². The van der Waals surface area contributed by atoms with Gasteiger partial charge in [0.2, 0.25) is 5.91 Å². The summed E-state index contributed by atoms with van der Waals surface area (Å²) in [7, 11) is 1.55. The third-order valence-electron chi connectivity index (χ3n) is 4.77. The molecule has 0 atom stereocenters. The monoisotopic (exact) mass is 457 g/mol. The molecular formula is C22H27N5O4S. The number of amides is 2. The Labute approximate surface area is 190 Å². The smallest absolute Gasteiger partial charge is 0.263 e. The molecule has 3 rings (SSSR count). The van der Waals surface area contributed by atoms with E-state index in [0.717, 1.165) is 18.5 Å². The highest BCUT2D eigenvalue weighted by molar-refractivity contribution is 7.17. The number of methoxy groups -OCH3 is 1. The van der Waals surface area contributed by atoms with Crippen molar-refractivity contribution in [2.75, 3.05) is 31.7 Å². The van der Waals surface area contributed by atoms with E-state index < -0.39 is 0 Å². The minimum atomic E-state index is -0.206. The van der Waals surface area contributed by atoms with Crippen molar-refractivity contribution in [1.82, 2.24) is 19.9 Å². The van der Waals surface area contributed by atoms with Crippen LogP contribution in [0.4, 0.5) is 5.13 Å². The zero-order valence-corrected chi connectivity index (χ0v) is 18.8. The fraction of sp³-hybridized carbons (Fsp3) is 0.364. The molecule has 10 heteroatoms. The van der Waals surface area contributed by atoms with Crippen molar-refractivity contribution in [3.05, 3.63) is 59.6 Å². The Morgan fingerprint density at radius 2 is 2.09 bits per heavy atom. The van der Waals surface area contributed by atoms with Gasteiger partial charge in [0.25, 0.3) is 5.91 Å². The molecule has 0 saturated carbocycles. The first-order valence-electron chi connectivity index (χ1n) is 10.3. The number of thiazole rings is 1. The van der Waals surface area contributed by atoms with Gasteiger partial charge in [0.1, 0.15) is 10.6 Å². The van der Waals surface area contributed by atoms with Gasteiger partial charge in [-0.25, -0.2) is 9.97 Å². The van der Waals surface area contributed by atoms with E-state index >= 15 is 0 Å². The van der Waals surface area contributed by atoms with E-state index in [4.69, 9.17) is 4.74 Å². The van der Waals surface area contributed by atoms with Crippen LogP contribution in [0.3, 0.4) is 0 Å². The molecule has 3 aromatic rings. The molecular weight excluding hydrogens is 430 g/mol. The lowest BCUT2D eigenvalue weighted by Gasteiger charge is -2.20. The van der Waals surface area contributed by atoms with Crippen LogP contribution in [0.5, 0.6) is 5.75 Å². The van der Waals surface area contributed by atoms with Gasteiger partial charge in [0, 0.05) is 39.1 Å². The van der Waals surface area contributed by atoms with Crippen molar-refractivity contribution < 1.29 is 19.4 Å². The van der Waals surface area contributed by atoms with Crippen molar-refractivity contribution >= 4 is 28.3 Å². The maximum absolute atomic E-state index is 12.7. The van der Waals surface area contributed by atoms with E-state index in [1.54, 1.807) is 36.7 Å². The third-order valence-corrected chi connectivity index (χ3v) is 5.79. The molecule has 0 aliphatic rings. The number of carbonyl (C=O) groups excluding carboxylic acids is 2. The van der Waals surface area contributed by atoms with Crippen LogP contribution in [-0.2, 0) is 22.5 Å². The fourth-order valence-corrected chi connectivity index (χ4v) is 3.89. The zero-order valence-electron chi connectivity index (χ0n) is 17.9. The Balaban J connectivity index is 1.59. The molecule has 0 unspecified atom stereocenters. The summed E-state index contributed by atoms with van der Waals surface area (Å²) in [5.41, 5.74) is 0.986. The normalized spacial score (nSPS) is 10.8. The highest BCUT2D eigenvalue weighted by atomic mass is 32.1. The number of anilines is 1. The van der Waals surface area contributed by atoms with E-state index in [2.05, 4.69) is 15.3 Å². The highest BCUT2D eigenvalue weighted by Gasteiger charge is 2.20. The fourth-order valence-electron chi connectivity index (χ4n) is 3.02. The molecule has 0 aliphatic carbocycles. The first kappa shape index (κ1) is 23.4. The summed E-state index contributed by atoms with van der Waals surface area (Å²) in [4.78, 5) is 35.6. The molecule has 2 heterocycles. The number of aryl methyl sites for hydroxylation is 1. The first-order chi connectivity index (χ1) is 15.6. The quantitative estimate of drug-likeness (QED) is 0.405. The van der Waals surface area contributed by atoms with Crippen molar-refractivity contribution in [3.63, 3.8) is 0 Å². The standard InChI is InChI=1S/C22H27N5O4S/c1-31-14-8-20(29)27(12-7-17-3-5-18(28)6-4-17)22-25-15-19(32-22)21(30)24-9-2-11-26-13-10-23-16-26/h3-6,10,13,15-16,28H,2,7-9,11-12,14H2,1H3,(H,24,30). The molecule has 2 amide bonds. The average Bonchev–Trinajstić information content (AvgIpc) is 3.49. The molecule has 0 radical (unpaired) electrons. The van der Waals surface area contributed by atoms with Gasteiger partial charge in [0.05, 0.1) is 25.6 Å². The van der Waals surface area contributed by atoms with Gasteiger partial charge in [-0.2, -0.15) is 0 Å². The number of benzene rings is 1. The molecule has 0 bridgehead atoms.